The van der Waals surface area contributed by atoms with Crippen LogP contribution in [0.2, 0.25) is 0 Å². The van der Waals surface area contributed by atoms with Crippen LogP contribution in [0.1, 0.15) is 48.0 Å². The molecule has 96 valence electrons. The van der Waals surface area contributed by atoms with E-state index in [0.29, 0.717) is 0 Å². The lowest BCUT2D eigenvalue weighted by molar-refractivity contribution is -0.118. The van der Waals surface area contributed by atoms with E-state index < -0.39 is 0 Å². The van der Waals surface area contributed by atoms with E-state index in [0.717, 1.165) is 58.2 Å². The highest BCUT2D eigenvalue weighted by atomic mass is 15.0. The Morgan fingerprint density at radius 1 is 1.12 bits per heavy atom. The molecule has 0 N–H and O–H groups in total. The normalized spacial score (nSPS) is 71.1. The largest absolute Gasteiger partial charge is 0.0625 e. The summed E-state index contributed by atoms with van der Waals surface area (Å²) < 4.78 is 0. The molecular weight excluding hydrogens is 204 g/mol. The third kappa shape index (κ3) is 0.790. The molecule has 0 radical (unpaired) electrons. The molecule has 0 nitrogen and oxygen atoms in total. The smallest absolute Gasteiger partial charge is 0.0144 e. The van der Waals surface area contributed by atoms with Gasteiger partial charge in [-0.2, -0.15) is 0 Å². The minimum Gasteiger partial charge on any atom is -0.0625 e. The molecule has 17 heavy (non-hydrogen) atoms. The van der Waals surface area contributed by atoms with Crippen molar-refractivity contribution in [1.82, 2.24) is 0 Å². The minimum absolute atomic E-state index is 0.780. The van der Waals surface area contributed by atoms with Crippen LogP contribution in [0, 0.1) is 58.2 Å². The summed E-state index contributed by atoms with van der Waals surface area (Å²) in [5, 5.41) is 0. The van der Waals surface area contributed by atoms with Gasteiger partial charge >= 0.3 is 0 Å². The Bertz CT molecular complexity index is 383. The van der Waals surface area contributed by atoms with E-state index in [1.807, 2.05) is 0 Å². The molecule has 4 fully saturated rings. The van der Waals surface area contributed by atoms with Crippen molar-refractivity contribution < 1.29 is 0 Å². The second-order valence-electron chi connectivity index (χ2n) is 8.47. The zero-order chi connectivity index (χ0) is 12.3. The van der Waals surface area contributed by atoms with Gasteiger partial charge in [0.2, 0.25) is 0 Å². The predicted molar refractivity (Wildman–Crippen MR) is 71.4 cm³/mol. The van der Waals surface area contributed by atoms with Crippen molar-refractivity contribution in [2.45, 2.75) is 48.0 Å². The van der Waals surface area contributed by atoms with Crippen molar-refractivity contribution in [1.29, 1.82) is 0 Å². The van der Waals surface area contributed by atoms with E-state index in [1.165, 1.54) is 0 Å². The Balaban J connectivity index is 1.64. The lowest BCUT2D eigenvalue weighted by atomic mass is 9.45. The molecule has 0 aromatic rings. The molecule has 0 heterocycles. The van der Waals surface area contributed by atoms with Crippen molar-refractivity contribution in [3.8, 4) is 0 Å². The van der Waals surface area contributed by atoms with Crippen LogP contribution in [0.4, 0.5) is 0 Å². The van der Waals surface area contributed by atoms with E-state index in [9.17, 15) is 0 Å². The zero-order valence-corrected chi connectivity index (χ0v) is 12.3. The van der Waals surface area contributed by atoms with Crippen molar-refractivity contribution in [3.05, 3.63) is 0 Å². The molecular formula is C17H28. The van der Waals surface area contributed by atoms with Gasteiger partial charge in [-0.25, -0.2) is 0 Å². The highest BCUT2D eigenvalue weighted by Crippen LogP contribution is 3.01. The first-order chi connectivity index (χ1) is 7.90. The van der Waals surface area contributed by atoms with Crippen LogP contribution in [0.25, 0.3) is 0 Å². The Morgan fingerprint density at radius 3 is 2.29 bits per heavy atom. The van der Waals surface area contributed by atoms with E-state index in [4.69, 9.17) is 0 Å². The summed E-state index contributed by atoms with van der Waals surface area (Å²) in [5.74, 6) is 8.36. The SMILES string of the molecule is CC(C)C1C(C)C2C1CC(C)C13C(C)C1(C)C23. The maximum Gasteiger partial charge on any atom is -0.0144 e. The number of fused-ring (bicyclic) bond motifs is 3. The predicted octanol–water partition coefficient (Wildman–Crippen LogP) is 4.45. The van der Waals surface area contributed by atoms with Crippen LogP contribution in [-0.2, 0) is 0 Å². The van der Waals surface area contributed by atoms with Gasteiger partial charge in [-0.05, 0) is 64.6 Å². The number of hydrogen-bond acceptors (Lipinski definition) is 0. The molecule has 0 aromatic heterocycles. The number of rotatable bonds is 1. The Labute approximate surface area is 107 Å². The maximum atomic E-state index is 2.61. The van der Waals surface area contributed by atoms with Crippen molar-refractivity contribution in [2.24, 2.45) is 58.2 Å². The van der Waals surface area contributed by atoms with Gasteiger partial charge in [0.25, 0.3) is 0 Å². The highest BCUT2D eigenvalue weighted by molar-refractivity contribution is 5.43. The average molecular weight is 232 g/mol. The zero-order valence-electron chi connectivity index (χ0n) is 12.3. The van der Waals surface area contributed by atoms with Crippen LogP contribution >= 0.6 is 0 Å². The van der Waals surface area contributed by atoms with Gasteiger partial charge in [-0.3, -0.25) is 0 Å². The maximum absolute atomic E-state index is 2.61. The highest BCUT2D eigenvalue weighted by Gasteiger charge is 2.97. The van der Waals surface area contributed by atoms with Crippen LogP contribution in [0.3, 0.4) is 0 Å². The van der Waals surface area contributed by atoms with Crippen LogP contribution in [0.15, 0.2) is 0 Å². The fourth-order valence-electron chi connectivity index (χ4n) is 7.82. The van der Waals surface area contributed by atoms with Gasteiger partial charge < -0.3 is 0 Å². The van der Waals surface area contributed by atoms with Crippen LogP contribution in [-0.4, -0.2) is 0 Å². The van der Waals surface area contributed by atoms with Crippen molar-refractivity contribution >= 4 is 0 Å². The second-order valence-corrected chi connectivity index (χ2v) is 8.47. The molecule has 4 aliphatic rings. The topological polar surface area (TPSA) is 0 Å². The molecule has 4 saturated carbocycles. The molecule has 4 rings (SSSR count). The standard InChI is InChI=1S/C17H28/c1-8(2)13-10(4)14-12(13)7-9(3)17-11(5)16(17,6)15(14)17/h8-15H,7H2,1-6H3. The summed E-state index contributed by atoms with van der Waals surface area (Å²) in [5.41, 5.74) is 1.60. The fourth-order valence-corrected chi connectivity index (χ4v) is 7.82. The molecule has 9 unspecified atom stereocenters. The van der Waals surface area contributed by atoms with Gasteiger partial charge in [0.1, 0.15) is 0 Å². The quantitative estimate of drug-likeness (QED) is 0.626. The molecule has 0 amide bonds. The third-order valence-electron chi connectivity index (χ3n) is 8.34. The van der Waals surface area contributed by atoms with E-state index >= 15 is 0 Å². The van der Waals surface area contributed by atoms with Gasteiger partial charge in [0.15, 0.2) is 0 Å². The second kappa shape index (κ2) is 2.63. The molecule has 0 heteroatoms. The van der Waals surface area contributed by atoms with Crippen molar-refractivity contribution in [3.63, 3.8) is 0 Å². The van der Waals surface area contributed by atoms with Crippen LogP contribution < -0.4 is 0 Å². The lowest BCUT2D eigenvalue weighted by Crippen LogP contribution is -2.54. The summed E-state index contributed by atoms with van der Waals surface area (Å²) >= 11 is 0. The summed E-state index contributed by atoms with van der Waals surface area (Å²) in [7, 11) is 0. The summed E-state index contributed by atoms with van der Waals surface area (Å²) in [4.78, 5) is 0. The molecule has 0 bridgehead atoms. The summed E-state index contributed by atoms with van der Waals surface area (Å²) in [6.07, 6.45) is 1.55. The Hall–Kier alpha value is 0. The molecule has 9 atom stereocenters. The molecule has 4 aliphatic carbocycles. The first kappa shape index (κ1) is 10.9. The lowest BCUT2D eigenvalue weighted by Gasteiger charge is -2.59. The van der Waals surface area contributed by atoms with Gasteiger partial charge in [0, 0.05) is 0 Å². The summed E-state index contributed by atoms with van der Waals surface area (Å²) in [6.45, 7) is 15.2. The first-order valence-corrected chi connectivity index (χ1v) is 7.90. The third-order valence-corrected chi connectivity index (χ3v) is 8.34. The van der Waals surface area contributed by atoms with Gasteiger partial charge in [-0.1, -0.05) is 41.5 Å². The molecule has 0 aliphatic heterocycles. The van der Waals surface area contributed by atoms with E-state index in [-0.39, 0.29) is 0 Å². The average Bonchev–Trinajstić information content (AvgIpc) is 2.98. The van der Waals surface area contributed by atoms with Gasteiger partial charge in [0.05, 0.1) is 0 Å². The summed E-state index contributed by atoms with van der Waals surface area (Å²) in [6, 6.07) is 0. The molecule has 1 spiro atoms. The first-order valence-electron chi connectivity index (χ1n) is 7.90. The van der Waals surface area contributed by atoms with E-state index in [2.05, 4.69) is 41.5 Å². The minimum atomic E-state index is 0.780. The fraction of sp³-hybridized carbons (Fsp3) is 1.00. The monoisotopic (exact) mass is 232 g/mol. The number of hydrogen-bond donors (Lipinski definition) is 0. The Kier molecular flexibility index (Phi) is 1.68. The van der Waals surface area contributed by atoms with Crippen LogP contribution in [0.5, 0.6) is 0 Å². The molecule has 0 aromatic carbocycles. The Morgan fingerprint density at radius 2 is 1.76 bits per heavy atom. The van der Waals surface area contributed by atoms with Gasteiger partial charge in [-0.15, -0.1) is 0 Å². The van der Waals surface area contributed by atoms with Crippen molar-refractivity contribution in [2.75, 3.05) is 0 Å². The van der Waals surface area contributed by atoms with E-state index in [1.54, 1.807) is 6.42 Å². The molecule has 0 saturated heterocycles.